The zero-order valence-electron chi connectivity index (χ0n) is 16.7. The number of nitrogens with zero attached hydrogens (tertiary/aromatic N) is 1. The molecule has 1 N–H and O–H groups in total. The van der Waals surface area contributed by atoms with Gasteiger partial charge < -0.3 is 5.32 Å². The van der Waals surface area contributed by atoms with Gasteiger partial charge >= 0.3 is 0 Å². The molecule has 2 aromatic carbocycles. The normalized spacial score (nSPS) is 31.9. The SMILES string of the molecule is O=C1CC[C@H]2[C@@H]1[C@H](c1cccc(Cl)c1F)[C@]1(C(=O)Nc3cc(Cl)ccc31)N2CC1CC1. The van der Waals surface area contributed by atoms with E-state index in [0.29, 0.717) is 35.0 Å². The van der Waals surface area contributed by atoms with Crippen LogP contribution in [0.4, 0.5) is 10.1 Å². The van der Waals surface area contributed by atoms with Crippen LogP contribution >= 0.6 is 23.2 Å². The number of nitrogens with one attached hydrogen (secondary N) is 1. The predicted molar refractivity (Wildman–Crippen MR) is 117 cm³/mol. The van der Waals surface area contributed by atoms with Crippen LogP contribution in [0.25, 0.3) is 0 Å². The van der Waals surface area contributed by atoms with Crippen molar-refractivity contribution in [3.05, 3.63) is 63.4 Å². The van der Waals surface area contributed by atoms with E-state index in [0.717, 1.165) is 24.9 Å². The fourth-order valence-corrected chi connectivity index (χ4v) is 6.59. The van der Waals surface area contributed by atoms with Crippen molar-refractivity contribution in [1.82, 2.24) is 4.90 Å². The van der Waals surface area contributed by atoms with Gasteiger partial charge in [-0.05, 0) is 48.9 Å². The molecule has 1 amide bonds. The maximum Gasteiger partial charge on any atom is 0.250 e. The van der Waals surface area contributed by atoms with Crippen LogP contribution in [-0.4, -0.2) is 29.2 Å². The molecular weight excluding hydrogens is 438 g/mol. The Morgan fingerprint density at radius 3 is 2.71 bits per heavy atom. The molecular formula is C24H21Cl2FN2O2. The topological polar surface area (TPSA) is 49.4 Å². The third-order valence-corrected chi connectivity index (χ3v) is 8.12. The van der Waals surface area contributed by atoms with Crippen molar-refractivity contribution in [2.24, 2.45) is 11.8 Å². The van der Waals surface area contributed by atoms with E-state index in [2.05, 4.69) is 10.2 Å². The molecule has 160 valence electrons. The van der Waals surface area contributed by atoms with Gasteiger partial charge in [-0.2, -0.15) is 0 Å². The monoisotopic (exact) mass is 458 g/mol. The Balaban J connectivity index is 1.65. The average Bonchev–Trinajstić information content (AvgIpc) is 3.33. The molecule has 1 spiro atoms. The van der Waals surface area contributed by atoms with Crippen LogP contribution in [-0.2, 0) is 15.1 Å². The van der Waals surface area contributed by atoms with Crippen molar-refractivity contribution in [3.8, 4) is 0 Å². The number of fused-ring (bicyclic) bond motifs is 3. The molecule has 2 aliphatic heterocycles. The molecule has 0 aromatic heterocycles. The summed E-state index contributed by atoms with van der Waals surface area (Å²) in [6.45, 7) is 0.725. The van der Waals surface area contributed by atoms with Crippen molar-refractivity contribution in [3.63, 3.8) is 0 Å². The second kappa shape index (κ2) is 6.77. The highest BCUT2D eigenvalue weighted by Crippen LogP contribution is 2.63. The molecule has 4 atom stereocenters. The molecule has 1 saturated heterocycles. The first-order chi connectivity index (χ1) is 14.9. The first kappa shape index (κ1) is 19.7. The Labute approximate surface area is 189 Å². The molecule has 2 heterocycles. The highest BCUT2D eigenvalue weighted by molar-refractivity contribution is 6.31. The quantitative estimate of drug-likeness (QED) is 0.692. The molecule has 4 nitrogen and oxygen atoms in total. The Morgan fingerprint density at radius 1 is 1.13 bits per heavy atom. The second-order valence-corrected chi connectivity index (χ2v) is 10.1. The van der Waals surface area contributed by atoms with Gasteiger partial charge in [0.05, 0.1) is 5.02 Å². The number of anilines is 1. The summed E-state index contributed by atoms with van der Waals surface area (Å²) in [6, 6.07) is 10.1. The average molecular weight is 459 g/mol. The zero-order chi connectivity index (χ0) is 21.5. The summed E-state index contributed by atoms with van der Waals surface area (Å²) in [5.74, 6) is -1.25. The summed E-state index contributed by atoms with van der Waals surface area (Å²) < 4.78 is 15.4. The molecule has 6 rings (SSSR count). The van der Waals surface area contributed by atoms with Gasteiger partial charge in [-0.15, -0.1) is 0 Å². The summed E-state index contributed by atoms with van der Waals surface area (Å²) in [5, 5.41) is 3.52. The maximum absolute atomic E-state index is 15.4. The van der Waals surface area contributed by atoms with Gasteiger partial charge in [-0.3, -0.25) is 14.5 Å². The van der Waals surface area contributed by atoms with E-state index >= 15 is 4.39 Å². The fraction of sp³-hybridized carbons (Fsp3) is 0.417. The number of hydrogen-bond acceptors (Lipinski definition) is 3. The number of hydrogen-bond donors (Lipinski definition) is 1. The predicted octanol–water partition coefficient (Wildman–Crippen LogP) is 5.14. The Kier molecular flexibility index (Phi) is 4.31. The summed E-state index contributed by atoms with van der Waals surface area (Å²) in [5.41, 5.74) is 0.598. The van der Waals surface area contributed by atoms with E-state index < -0.39 is 23.2 Å². The van der Waals surface area contributed by atoms with Crippen LogP contribution < -0.4 is 5.32 Å². The number of rotatable bonds is 3. The lowest BCUT2D eigenvalue weighted by molar-refractivity contribution is -0.128. The van der Waals surface area contributed by atoms with Crippen molar-refractivity contribution < 1.29 is 14.0 Å². The van der Waals surface area contributed by atoms with Crippen LogP contribution in [0.1, 0.15) is 42.7 Å². The lowest BCUT2D eigenvalue weighted by atomic mass is 9.71. The third-order valence-electron chi connectivity index (χ3n) is 7.59. The summed E-state index contributed by atoms with van der Waals surface area (Å²) in [7, 11) is 0. The van der Waals surface area contributed by atoms with E-state index in [9.17, 15) is 9.59 Å². The van der Waals surface area contributed by atoms with Gasteiger partial charge in [0, 0.05) is 47.1 Å². The summed E-state index contributed by atoms with van der Waals surface area (Å²) >= 11 is 12.4. The highest BCUT2D eigenvalue weighted by Gasteiger charge is 2.69. The minimum absolute atomic E-state index is 0.00465. The van der Waals surface area contributed by atoms with Crippen molar-refractivity contribution in [1.29, 1.82) is 0 Å². The number of amides is 1. The largest absolute Gasteiger partial charge is 0.324 e. The molecule has 31 heavy (non-hydrogen) atoms. The molecule has 2 aliphatic carbocycles. The first-order valence-electron chi connectivity index (χ1n) is 10.8. The van der Waals surface area contributed by atoms with Gasteiger partial charge in [-0.25, -0.2) is 4.39 Å². The third kappa shape index (κ3) is 2.63. The number of carbonyl (C=O) groups excluding carboxylic acids is 2. The van der Waals surface area contributed by atoms with Crippen LogP contribution in [0.3, 0.4) is 0 Å². The standard InChI is InChI=1S/C24H21Cl2FN2O2/c25-13-6-7-15-17(10-13)28-23(31)24(15)21(14-2-1-3-16(26)22(14)27)20-18(8-9-19(20)30)29(24)11-12-4-5-12/h1-3,6-7,10,12,18,20-21H,4-5,8-9,11H2,(H,28,31)/t18-,20-,21-,24+/m0/s1. The molecule has 7 heteroatoms. The second-order valence-electron chi connectivity index (χ2n) is 9.22. The first-order valence-corrected chi connectivity index (χ1v) is 11.5. The molecule has 0 bridgehead atoms. The maximum atomic E-state index is 15.4. The van der Waals surface area contributed by atoms with E-state index in [1.54, 1.807) is 24.3 Å². The van der Waals surface area contributed by atoms with Crippen LogP contribution in [0.5, 0.6) is 0 Å². The number of Topliss-reactive ketones (excluding diaryl/α,β-unsaturated/α-hetero) is 1. The number of benzene rings is 2. The zero-order valence-corrected chi connectivity index (χ0v) is 18.2. The molecule has 0 radical (unpaired) electrons. The molecule has 3 fully saturated rings. The van der Waals surface area contributed by atoms with E-state index in [1.807, 2.05) is 6.07 Å². The number of carbonyl (C=O) groups is 2. The molecule has 0 unspecified atom stereocenters. The van der Waals surface area contributed by atoms with Crippen LogP contribution in [0.2, 0.25) is 10.0 Å². The molecule has 4 aliphatic rings. The van der Waals surface area contributed by atoms with Gasteiger partial charge in [0.25, 0.3) is 0 Å². The summed E-state index contributed by atoms with van der Waals surface area (Å²) in [6.07, 6.45) is 3.37. The van der Waals surface area contributed by atoms with Crippen molar-refractivity contribution >= 4 is 40.6 Å². The van der Waals surface area contributed by atoms with Gasteiger partial charge in [-0.1, -0.05) is 41.4 Å². The van der Waals surface area contributed by atoms with Crippen molar-refractivity contribution in [2.45, 2.75) is 43.2 Å². The van der Waals surface area contributed by atoms with E-state index in [1.165, 1.54) is 6.07 Å². The lowest BCUT2D eigenvalue weighted by Gasteiger charge is -2.40. The molecule has 2 saturated carbocycles. The Bertz CT molecular complexity index is 1130. The number of likely N-dealkylation sites (tertiary alicyclic amines) is 1. The minimum atomic E-state index is -1.15. The van der Waals surface area contributed by atoms with Gasteiger partial charge in [0.2, 0.25) is 5.91 Å². The molecule has 2 aromatic rings. The number of ketones is 1. The Morgan fingerprint density at radius 2 is 1.94 bits per heavy atom. The van der Waals surface area contributed by atoms with Gasteiger partial charge in [0.15, 0.2) is 0 Å². The smallest absolute Gasteiger partial charge is 0.250 e. The Hall–Kier alpha value is -1.95. The van der Waals surface area contributed by atoms with Crippen LogP contribution in [0, 0.1) is 17.7 Å². The van der Waals surface area contributed by atoms with E-state index in [4.69, 9.17) is 23.2 Å². The fourth-order valence-electron chi connectivity index (χ4n) is 6.23. The highest BCUT2D eigenvalue weighted by atomic mass is 35.5. The van der Waals surface area contributed by atoms with Crippen molar-refractivity contribution in [2.75, 3.05) is 11.9 Å². The van der Waals surface area contributed by atoms with E-state index in [-0.39, 0.29) is 22.8 Å². The lowest BCUT2D eigenvalue weighted by Crippen LogP contribution is -2.52. The number of halogens is 3. The van der Waals surface area contributed by atoms with Gasteiger partial charge in [0.1, 0.15) is 17.1 Å². The minimum Gasteiger partial charge on any atom is -0.324 e. The summed E-state index contributed by atoms with van der Waals surface area (Å²) in [4.78, 5) is 29.2. The van der Waals surface area contributed by atoms with Crippen LogP contribution in [0.15, 0.2) is 36.4 Å².